The number of carbonyl (C=O) groups excluding carboxylic acids is 2. The molecule has 2 aromatic carbocycles. The van der Waals surface area contributed by atoms with E-state index in [0.29, 0.717) is 23.4 Å². The SMILES string of the molecule is C=C(CN1Cc2c(cc(NC(=O)C3CCN(C)CC3)cc2-c2ccc3cnn(C)c3c2)C1=O)C(N)O. The molecular formula is C27H32N6O3. The summed E-state index contributed by atoms with van der Waals surface area (Å²) in [6.45, 7) is 6.11. The number of nitrogens with one attached hydrogen (secondary N) is 1. The van der Waals surface area contributed by atoms with Gasteiger partial charge in [0.05, 0.1) is 11.7 Å². The second kappa shape index (κ2) is 9.50. The van der Waals surface area contributed by atoms with Crippen molar-refractivity contribution < 1.29 is 14.7 Å². The number of aliphatic hydroxyl groups excluding tert-OH is 1. The van der Waals surface area contributed by atoms with Crippen molar-refractivity contribution in [1.29, 1.82) is 0 Å². The van der Waals surface area contributed by atoms with Crippen LogP contribution < -0.4 is 11.1 Å². The topological polar surface area (TPSA) is 117 Å². The number of aliphatic hydroxyl groups is 1. The number of nitrogens with zero attached hydrogens (tertiary/aromatic N) is 4. The minimum Gasteiger partial charge on any atom is -0.375 e. The molecular weight excluding hydrogens is 456 g/mol. The van der Waals surface area contributed by atoms with Crippen LogP contribution in [0.3, 0.4) is 0 Å². The van der Waals surface area contributed by atoms with Gasteiger partial charge in [-0.2, -0.15) is 5.10 Å². The van der Waals surface area contributed by atoms with Crippen molar-refractivity contribution >= 4 is 28.4 Å². The molecule has 2 amide bonds. The summed E-state index contributed by atoms with van der Waals surface area (Å²) < 4.78 is 1.81. The molecule has 0 radical (unpaired) electrons. The molecule has 9 nitrogen and oxygen atoms in total. The fourth-order valence-corrected chi connectivity index (χ4v) is 5.09. The Morgan fingerprint density at radius 1 is 1.22 bits per heavy atom. The van der Waals surface area contributed by atoms with Crippen molar-refractivity contribution in [3.63, 3.8) is 0 Å². The molecule has 3 heterocycles. The Hall–Kier alpha value is -3.53. The normalized spacial score (nSPS) is 17.4. The molecule has 1 unspecified atom stereocenters. The Labute approximate surface area is 210 Å². The van der Waals surface area contributed by atoms with E-state index in [1.54, 1.807) is 11.0 Å². The van der Waals surface area contributed by atoms with Gasteiger partial charge in [-0.05, 0) is 73.4 Å². The van der Waals surface area contributed by atoms with Crippen LogP contribution in [0.15, 0.2) is 48.7 Å². The van der Waals surface area contributed by atoms with Crippen LogP contribution in [0, 0.1) is 5.92 Å². The minimum atomic E-state index is -1.20. The fraction of sp³-hybridized carbons (Fsp3) is 0.370. The highest BCUT2D eigenvalue weighted by Crippen LogP contribution is 2.37. The highest BCUT2D eigenvalue weighted by molar-refractivity contribution is 6.04. The van der Waals surface area contributed by atoms with Crippen molar-refractivity contribution in [2.75, 3.05) is 32.0 Å². The van der Waals surface area contributed by atoms with Gasteiger partial charge in [-0.25, -0.2) is 0 Å². The number of likely N-dealkylation sites (tertiary alicyclic amines) is 1. The zero-order valence-corrected chi connectivity index (χ0v) is 20.7. The lowest BCUT2D eigenvalue weighted by molar-refractivity contribution is -0.121. The molecule has 0 aliphatic carbocycles. The van der Waals surface area contributed by atoms with Gasteiger partial charge in [-0.1, -0.05) is 18.7 Å². The number of piperidine rings is 1. The lowest BCUT2D eigenvalue weighted by atomic mass is 9.94. The van der Waals surface area contributed by atoms with Crippen LogP contribution in [0.1, 0.15) is 28.8 Å². The highest BCUT2D eigenvalue weighted by atomic mass is 16.3. The van der Waals surface area contributed by atoms with Gasteiger partial charge < -0.3 is 26.0 Å². The zero-order valence-electron chi connectivity index (χ0n) is 20.7. The number of amides is 2. The van der Waals surface area contributed by atoms with Crippen LogP contribution in [-0.2, 0) is 18.4 Å². The highest BCUT2D eigenvalue weighted by Gasteiger charge is 2.32. The van der Waals surface area contributed by atoms with Crippen LogP contribution in [0.25, 0.3) is 22.0 Å². The van der Waals surface area contributed by atoms with Gasteiger partial charge in [-0.15, -0.1) is 0 Å². The van der Waals surface area contributed by atoms with Gasteiger partial charge in [0, 0.05) is 42.7 Å². The third-order valence-electron chi connectivity index (χ3n) is 7.35. The molecule has 0 spiro atoms. The zero-order chi connectivity index (χ0) is 25.6. The van der Waals surface area contributed by atoms with Crippen LogP contribution in [0.5, 0.6) is 0 Å². The Morgan fingerprint density at radius 2 is 1.94 bits per heavy atom. The van der Waals surface area contributed by atoms with E-state index in [0.717, 1.165) is 53.5 Å². The molecule has 2 aliphatic heterocycles. The maximum absolute atomic E-state index is 13.4. The number of nitrogens with two attached hydrogens (primary N) is 1. The number of carbonyl (C=O) groups is 2. The Kier molecular flexibility index (Phi) is 6.38. The molecule has 1 aromatic heterocycles. The van der Waals surface area contributed by atoms with E-state index in [9.17, 15) is 14.7 Å². The molecule has 9 heteroatoms. The molecule has 36 heavy (non-hydrogen) atoms. The number of rotatable bonds is 6. The number of anilines is 1. The molecule has 4 N–H and O–H groups in total. The molecule has 1 atom stereocenters. The van der Waals surface area contributed by atoms with Crippen LogP contribution in [-0.4, -0.2) is 69.4 Å². The summed E-state index contributed by atoms with van der Waals surface area (Å²) in [6, 6.07) is 9.79. The molecule has 3 aromatic rings. The van der Waals surface area contributed by atoms with Crippen LogP contribution in [0.4, 0.5) is 5.69 Å². The minimum absolute atomic E-state index is 0.0157. The van der Waals surface area contributed by atoms with Crippen molar-refractivity contribution in [2.45, 2.75) is 25.6 Å². The van der Waals surface area contributed by atoms with Gasteiger partial charge in [0.1, 0.15) is 6.23 Å². The van der Waals surface area contributed by atoms with Gasteiger partial charge >= 0.3 is 0 Å². The van der Waals surface area contributed by atoms with Crippen molar-refractivity contribution in [3.05, 3.63) is 59.8 Å². The molecule has 188 valence electrons. The predicted molar refractivity (Wildman–Crippen MR) is 139 cm³/mol. The number of benzene rings is 2. The van der Waals surface area contributed by atoms with Crippen molar-refractivity contribution in [2.24, 2.45) is 18.7 Å². The predicted octanol–water partition coefficient (Wildman–Crippen LogP) is 2.31. The smallest absolute Gasteiger partial charge is 0.254 e. The first-order valence-corrected chi connectivity index (χ1v) is 12.2. The number of hydrogen-bond acceptors (Lipinski definition) is 6. The first kappa shape index (κ1) is 24.2. The summed E-state index contributed by atoms with van der Waals surface area (Å²) in [5.74, 6) is -0.242. The van der Waals surface area contributed by atoms with Gasteiger partial charge in [0.2, 0.25) is 5.91 Å². The molecule has 0 saturated carbocycles. The molecule has 5 rings (SSSR count). The first-order chi connectivity index (χ1) is 17.2. The monoisotopic (exact) mass is 488 g/mol. The summed E-state index contributed by atoms with van der Waals surface area (Å²) in [4.78, 5) is 30.3. The van der Waals surface area contributed by atoms with Crippen LogP contribution >= 0.6 is 0 Å². The quantitative estimate of drug-likeness (QED) is 0.362. The Balaban J connectivity index is 1.52. The van der Waals surface area contributed by atoms with Crippen molar-refractivity contribution in [1.82, 2.24) is 19.6 Å². The fourth-order valence-electron chi connectivity index (χ4n) is 5.09. The summed E-state index contributed by atoms with van der Waals surface area (Å²) >= 11 is 0. The van der Waals surface area contributed by atoms with Crippen molar-refractivity contribution in [3.8, 4) is 11.1 Å². The van der Waals surface area contributed by atoms with E-state index >= 15 is 0 Å². The molecule has 1 fully saturated rings. The second-order valence-corrected chi connectivity index (χ2v) is 9.92. The Morgan fingerprint density at radius 3 is 2.67 bits per heavy atom. The average molecular weight is 489 g/mol. The number of aromatic nitrogens is 2. The summed E-state index contributed by atoms with van der Waals surface area (Å²) in [5, 5.41) is 18.1. The summed E-state index contributed by atoms with van der Waals surface area (Å²) in [7, 11) is 3.96. The number of hydrogen-bond donors (Lipinski definition) is 3. The maximum Gasteiger partial charge on any atom is 0.254 e. The van der Waals surface area contributed by atoms with E-state index in [-0.39, 0.29) is 24.3 Å². The summed E-state index contributed by atoms with van der Waals surface area (Å²) in [5.41, 5.74) is 10.7. The van der Waals surface area contributed by atoms with E-state index in [1.807, 2.05) is 36.1 Å². The van der Waals surface area contributed by atoms with E-state index in [4.69, 9.17) is 5.73 Å². The second-order valence-electron chi connectivity index (χ2n) is 9.92. The Bertz CT molecular complexity index is 1350. The lowest BCUT2D eigenvalue weighted by Gasteiger charge is -2.28. The van der Waals surface area contributed by atoms with Crippen LogP contribution in [0.2, 0.25) is 0 Å². The van der Waals surface area contributed by atoms with Gasteiger partial charge in [-0.3, -0.25) is 14.3 Å². The number of fused-ring (bicyclic) bond motifs is 2. The average Bonchev–Trinajstić information content (AvgIpc) is 3.38. The lowest BCUT2D eigenvalue weighted by Crippen LogP contribution is -2.35. The maximum atomic E-state index is 13.4. The molecule has 0 bridgehead atoms. The summed E-state index contributed by atoms with van der Waals surface area (Å²) in [6.07, 6.45) is 2.25. The van der Waals surface area contributed by atoms with E-state index in [1.165, 1.54) is 0 Å². The van der Waals surface area contributed by atoms with E-state index < -0.39 is 6.23 Å². The van der Waals surface area contributed by atoms with E-state index in [2.05, 4.69) is 35.0 Å². The third-order valence-corrected chi connectivity index (χ3v) is 7.35. The van der Waals surface area contributed by atoms with Gasteiger partial charge in [0.25, 0.3) is 5.91 Å². The molecule has 2 aliphatic rings. The molecule has 1 saturated heterocycles. The largest absolute Gasteiger partial charge is 0.375 e. The third kappa shape index (κ3) is 4.53. The van der Waals surface area contributed by atoms with Gasteiger partial charge in [0.15, 0.2) is 0 Å². The first-order valence-electron chi connectivity index (χ1n) is 12.2. The number of aryl methyl sites for hydroxylation is 1. The standard InChI is InChI=1S/C27H32N6O3/c1-16(25(28)34)14-33-15-23-21(18-4-5-19-13-29-32(3)24(19)10-18)11-20(12-22(23)27(33)36)30-26(35)17-6-8-31(2)9-7-17/h4-5,10-13,17,25,34H,1,6-9,14-15,28H2,2-3H3,(H,30,35).